The molecule has 2 aromatic heterocycles. The van der Waals surface area contributed by atoms with Crippen LogP contribution in [0.3, 0.4) is 0 Å². The van der Waals surface area contributed by atoms with Crippen molar-refractivity contribution in [2.24, 2.45) is 0 Å². The van der Waals surface area contributed by atoms with E-state index in [1.807, 2.05) is 13.8 Å². The fourth-order valence-corrected chi connectivity index (χ4v) is 1.09. The summed E-state index contributed by atoms with van der Waals surface area (Å²) in [5, 5.41) is 11.0. The summed E-state index contributed by atoms with van der Waals surface area (Å²) in [7, 11) is 0. The molecule has 0 spiro atoms. The number of hydrogen-bond donors (Lipinski definition) is 1. The van der Waals surface area contributed by atoms with Crippen LogP contribution in [0.2, 0.25) is 0 Å². The summed E-state index contributed by atoms with van der Waals surface area (Å²) in [6, 6.07) is 3.33. The molecule has 5 nitrogen and oxygen atoms in total. The maximum absolute atomic E-state index is 10.4. The van der Waals surface area contributed by atoms with Crippen molar-refractivity contribution in [3.63, 3.8) is 0 Å². The molecule has 0 bridgehead atoms. The lowest BCUT2D eigenvalue weighted by Crippen LogP contribution is -1.84. The molecule has 0 aliphatic rings. The van der Waals surface area contributed by atoms with E-state index in [4.69, 9.17) is 0 Å². The van der Waals surface area contributed by atoms with Gasteiger partial charge in [0.1, 0.15) is 5.65 Å². The average molecular weight is 193 g/mol. The third-order valence-corrected chi connectivity index (χ3v) is 1.63. The van der Waals surface area contributed by atoms with Crippen molar-refractivity contribution >= 4 is 16.7 Å². The van der Waals surface area contributed by atoms with Gasteiger partial charge in [-0.05, 0) is 12.1 Å². The molecule has 74 valence electrons. The highest BCUT2D eigenvalue weighted by Gasteiger charge is 2.12. The maximum Gasteiger partial charge on any atom is 0.296 e. The van der Waals surface area contributed by atoms with E-state index in [2.05, 4.69) is 9.97 Å². The van der Waals surface area contributed by atoms with Crippen LogP contribution in [0.15, 0.2) is 24.5 Å². The Balaban J connectivity index is 0.000000461. The Hall–Kier alpha value is -1.91. The first-order valence-corrected chi connectivity index (χ1v) is 4.35. The molecular formula is C9H11N3O2. The minimum atomic E-state index is -0.430. The van der Waals surface area contributed by atoms with Gasteiger partial charge >= 0.3 is 0 Å². The molecule has 5 heteroatoms. The number of nitro groups is 1. The molecule has 0 saturated carbocycles. The topological polar surface area (TPSA) is 71.8 Å². The molecule has 0 atom stereocenters. The van der Waals surface area contributed by atoms with Crippen LogP contribution in [0, 0.1) is 10.1 Å². The summed E-state index contributed by atoms with van der Waals surface area (Å²) in [5.41, 5.74) is 0.613. The fraction of sp³-hybridized carbons (Fsp3) is 0.222. The minimum Gasteiger partial charge on any atom is -0.340 e. The zero-order valence-corrected chi connectivity index (χ0v) is 8.02. The number of nitrogens with zero attached hydrogens (tertiary/aromatic N) is 2. The van der Waals surface area contributed by atoms with E-state index >= 15 is 0 Å². The van der Waals surface area contributed by atoms with Crippen molar-refractivity contribution in [1.29, 1.82) is 0 Å². The van der Waals surface area contributed by atoms with E-state index in [1.54, 1.807) is 18.3 Å². The first kappa shape index (κ1) is 10.2. The molecule has 2 aromatic rings. The lowest BCUT2D eigenvalue weighted by Gasteiger charge is -1.86. The Morgan fingerprint density at radius 3 is 2.86 bits per heavy atom. The number of rotatable bonds is 1. The molecule has 0 radical (unpaired) electrons. The van der Waals surface area contributed by atoms with Gasteiger partial charge in [-0.2, -0.15) is 0 Å². The Morgan fingerprint density at radius 1 is 1.50 bits per heavy atom. The van der Waals surface area contributed by atoms with E-state index < -0.39 is 4.92 Å². The van der Waals surface area contributed by atoms with Gasteiger partial charge in [0.2, 0.25) is 0 Å². The summed E-state index contributed by atoms with van der Waals surface area (Å²) in [6.07, 6.45) is 2.93. The molecule has 0 aliphatic heterocycles. The van der Waals surface area contributed by atoms with E-state index in [9.17, 15) is 10.1 Å². The lowest BCUT2D eigenvalue weighted by atomic mass is 10.3. The molecule has 0 fully saturated rings. The van der Waals surface area contributed by atoms with Crippen molar-refractivity contribution in [3.05, 3.63) is 34.6 Å². The van der Waals surface area contributed by atoms with Gasteiger partial charge in [-0.25, -0.2) is 4.98 Å². The van der Waals surface area contributed by atoms with Crippen molar-refractivity contribution in [2.75, 3.05) is 0 Å². The van der Waals surface area contributed by atoms with Crippen molar-refractivity contribution in [3.8, 4) is 0 Å². The first-order valence-electron chi connectivity index (χ1n) is 4.35. The second kappa shape index (κ2) is 4.36. The van der Waals surface area contributed by atoms with Crippen LogP contribution in [-0.4, -0.2) is 14.9 Å². The molecule has 2 rings (SSSR count). The van der Waals surface area contributed by atoms with Crippen LogP contribution in [0.1, 0.15) is 13.8 Å². The normalized spacial score (nSPS) is 9.29. The number of nitrogens with one attached hydrogen (secondary N) is 1. The largest absolute Gasteiger partial charge is 0.340 e. The quantitative estimate of drug-likeness (QED) is 0.558. The lowest BCUT2D eigenvalue weighted by molar-refractivity contribution is -0.383. The van der Waals surface area contributed by atoms with Crippen LogP contribution < -0.4 is 0 Å². The summed E-state index contributed by atoms with van der Waals surface area (Å²) in [5.74, 6) is 0. The molecule has 0 saturated heterocycles. The zero-order valence-electron chi connectivity index (χ0n) is 8.02. The van der Waals surface area contributed by atoms with Gasteiger partial charge in [0.05, 0.1) is 16.5 Å². The summed E-state index contributed by atoms with van der Waals surface area (Å²) in [6.45, 7) is 4.00. The van der Waals surface area contributed by atoms with Crippen LogP contribution >= 0.6 is 0 Å². The van der Waals surface area contributed by atoms with E-state index in [0.29, 0.717) is 11.0 Å². The predicted octanol–water partition coefficient (Wildman–Crippen LogP) is 2.50. The monoisotopic (exact) mass is 193 g/mol. The van der Waals surface area contributed by atoms with Gasteiger partial charge in [0, 0.05) is 6.20 Å². The number of fused-ring (bicyclic) bond motifs is 1. The van der Waals surface area contributed by atoms with Gasteiger partial charge < -0.3 is 4.98 Å². The molecule has 1 N–H and O–H groups in total. The maximum atomic E-state index is 10.4. The second-order valence-corrected chi connectivity index (χ2v) is 2.33. The average Bonchev–Trinajstić information content (AvgIpc) is 2.64. The minimum absolute atomic E-state index is 0.0677. The molecule has 14 heavy (non-hydrogen) atoms. The number of pyridine rings is 1. The van der Waals surface area contributed by atoms with Gasteiger partial charge in [-0.3, -0.25) is 10.1 Å². The third-order valence-electron chi connectivity index (χ3n) is 1.63. The van der Waals surface area contributed by atoms with Crippen molar-refractivity contribution < 1.29 is 4.92 Å². The van der Waals surface area contributed by atoms with Crippen molar-refractivity contribution in [1.82, 2.24) is 9.97 Å². The van der Waals surface area contributed by atoms with Crippen LogP contribution in [0.4, 0.5) is 5.69 Å². The highest BCUT2D eigenvalue weighted by atomic mass is 16.6. The Morgan fingerprint density at radius 2 is 2.21 bits per heavy atom. The first-order chi connectivity index (χ1) is 6.79. The van der Waals surface area contributed by atoms with E-state index in [-0.39, 0.29) is 5.69 Å². The number of aromatic amines is 1. The standard InChI is InChI=1S/C7H5N3O2.C2H6/c11-10(12)6-4-9-7-5(6)2-1-3-8-7;1-2/h1-4H,(H,8,9);1-2H3. The van der Waals surface area contributed by atoms with Crippen molar-refractivity contribution in [2.45, 2.75) is 13.8 Å². The van der Waals surface area contributed by atoms with Gasteiger partial charge in [0.15, 0.2) is 0 Å². The third kappa shape index (κ3) is 1.71. The molecular weight excluding hydrogens is 182 g/mol. The van der Waals surface area contributed by atoms with E-state index in [0.717, 1.165) is 0 Å². The molecule has 0 unspecified atom stereocenters. The van der Waals surface area contributed by atoms with Crippen LogP contribution in [-0.2, 0) is 0 Å². The zero-order chi connectivity index (χ0) is 10.6. The Bertz CT molecular complexity index is 436. The number of hydrogen-bond acceptors (Lipinski definition) is 3. The molecule has 2 heterocycles. The molecule has 0 amide bonds. The SMILES string of the molecule is CC.O=[N+]([O-])c1c[nH]c2ncccc12. The van der Waals surface area contributed by atoms with Gasteiger partial charge in [0.25, 0.3) is 5.69 Å². The van der Waals surface area contributed by atoms with Crippen LogP contribution in [0.5, 0.6) is 0 Å². The second-order valence-electron chi connectivity index (χ2n) is 2.33. The fourth-order valence-electron chi connectivity index (χ4n) is 1.09. The highest BCUT2D eigenvalue weighted by Crippen LogP contribution is 2.22. The van der Waals surface area contributed by atoms with Gasteiger partial charge in [-0.15, -0.1) is 0 Å². The smallest absolute Gasteiger partial charge is 0.296 e. The van der Waals surface area contributed by atoms with E-state index in [1.165, 1.54) is 6.20 Å². The summed E-state index contributed by atoms with van der Waals surface area (Å²) < 4.78 is 0. The predicted molar refractivity (Wildman–Crippen MR) is 54.1 cm³/mol. The summed E-state index contributed by atoms with van der Waals surface area (Å²) in [4.78, 5) is 16.6. The summed E-state index contributed by atoms with van der Waals surface area (Å²) >= 11 is 0. The Labute approximate surface area is 80.9 Å². The highest BCUT2D eigenvalue weighted by molar-refractivity contribution is 5.85. The molecule has 0 aliphatic carbocycles. The molecule has 0 aromatic carbocycles. The van der Waals surface area contributed by atoms with Gasteiger partial charge in [-0.1, -0.05) is 13.8 Å². The van der Waals surface area contributed by atoms with Crippen LogP contribution in [0.25, 0.3) is 11.0 Å². The Kier molecular flexibility index (Phi) is 3.17. The number of H-pyrrole nitrogens is 1. The number of aromatic nitrogens is 2.